The minimum Gasteiger partial charge on any atom is -0.384 e. The molecule has 0 unspecified atom stereocenters. The summed E-state index contributed by atoms with van der Waals surface area (Å²) < 4.78 is 6.35. The first-order valence-corrected chi connectivity index (χ1v) is 11.2. The van der Waals surface area contributed by atoms with E-state index >= 15 is 0 Å². The molecule has 4 N–H and O–H groups in total. The molecule has 1 amide bonds. The number of carbonyl (C=O) groups excluding carboxylic acids is 1. The van der Waals surface area contributed by atoms with E-state index in [0.29, 0.717) is 17.7 Å². The number of amidine groups is 1. The third-order valence-corrected chi connectivity index (χ3v) is 6.64. The Balaban J connectivity index is 1.35. The van der Waals surface area contributed by atoms with Gasteiger partial charge in [-0.2, -0.15) is 0 Å². The lowest BCUT2D eigenvalue weighted by Crippen LogP contribution is -2.23. The second kappa shape index (κ2) is 7.92. The monoisotopic (exact) mass is 425 g/mol. The van der Waals surface area contributed by atoms with Gasteiger partial charge in [-0.05, 0) is 63.9 Å². The largest absolute Gasteiger partial charge is 0.384 e. The first kappa shape index (κ1) is 20.5. The maximum absolute atomic E-state index is 12.8. The molecule has 32 heavy (non-hydrogen) atoms. The maximum Gasteiger partial charge on any atom is 0.251 e. The Morgan fingerprint density at radius 3 is 2.03 bits per heavy atom. The van der Waals surface area contributed by atoms with Crippen LogP contribution in [0.15, 0.2) is 54.6 Å². The van der Waals surface area contributed by atoms with Crippen LogP contribution in [0.2, 0.25) is 0 Å². The van der Waals surface area contributed by atoms with Crippen molar-refractivity contribution in [1.82, 2.24) is 5.32 Å². The molecule has 0 spiro atoms. The molecular weight excluding hydrogens is 398 g/mol. The van der Waals surface area contributed by atoms with Crippen LogP contribution in [0.25, 0.3) is 0 Å². The molecule has 5 nitrogen and oxygen atoms in total. The topological polar surface area (TPSA) is 88.2 Å². The van der Waals surface area contributed by atoms with Crippen LogP contribution in [0.1, 0.15) is 80.9 Å². The second-order valence-electron chi connectivity index (χ2n) is 8.49. The highest BCUT2D eigenvalue weighted by atomic mass is 16.5. The number of amides is 1. The van der Waals surface area contributed by atoms with Gasteiger partial charge in [-0.25, -0.2) is 0 Å². The lowest BCUT2D eigenvalue weighted by Gasteiger charge is -2.19. The van der Waals surface area contributed by atoms with Crippen molar-refractivity contribution in [3.05, 3.63) is 105 Å². The van der Waals surface area contributed by atoms with Crippen molar-refractivity contribution in [2.75, 3.05) is 0 Å². The molecule has 5 heteroatoms. The molecule has 0 fully saturated rings. The first-order valence-electron chi connectivity index (χ1n) is 11.2. The fourth-order valence-corrected chi connectivity index (χ4v) is 4.87. The van der Waals surface area contributed by atoms with Crippen molar-refractivity contribution in [3.63, 3.8) is 0 Å². The average molecular weight is 426 g/mol. The summed E-state index contributed by atoms with van der Waals surface area (Å²) in [5, 5.41) is 10.5. The Kier molecular flexibility index (Phi) is 5.06. The van der Waals surface area contributed by atoms with Crippen molar-refractivity contribution in [2.45, 2.75) is 45.4 Å². The number of ether oxygens (including phenoxy) is 1. The Morgan fingerprint density at radius 2 is 1.44 bits per heavy atom. The summed E-state index contributed by atoms with van der Waals surface area (Å²) >= 11 is 0. The van der Waals surface area contributed by atoms with E-state index in [9.17, 15) is 4.79 Å². The Labute approximate surface area is 188 Å². The highest BCUT2D eigenvalue weighted by Gasteiger charge is 2.43. The average Bonchev–Trinajstić information content (AvgIpc) is 3.38. The molecular formula is C27H27N3O2. The quantitative estimate of drug-likeness (QED) is 0.400. The summed E-state index contributed by atoms with van der Waals surface area (Å²) in [4.78, 5) is 12.8. The molecule has 0 radical (unpaired) electrons. The standard InChI is InChI=1S/C27H27N3O2/c1-3-16-11-22-23(12-17(16)4-2)25-21-13-19(9-10-20(21)24(22)32-25)27(31)30-14-15-5-7-18(8-6-15)26(28)29/h5-13,24-25H,3-4,14H2,1-2H3,(H3,28,29)(H,30,31)/t24-,25+/m1/s1. The first-order chi connectivity index (χ1) is 15.5. The van der Waals surface area contributed by atoms with Gasteiger partial charge in [-0.3, -0.25) is 10.2 Å². The van der Waals surface area contributed by atoms with Gasteiger partial charge in [0.1, 0.15) is 18.0 Å². The number of fused-ring (bicyclic) bond motifs is 8. The minimum absolute atomic E-state index is 0.0295. The SMILES string of the molecule is CCc1cc2c(cc1CC)[C@H]1O[C@@H]2c2ccc(C(=O)NCc3ccc(C(=N)N)cc3)cc21. The summed E-state index contributed by atoms with van der Waals surface area (Å²) in [6.45, 7) is 4.81. The third-order valence-electron chi connectivity index (χ3n) is 6.64. The molecule has 5 rings (SSSR count). The fraction of sp³-hybridized carbons (Fsp3) is 0.259. The lowest BCUT2D eigenvalue weighted by atomic mass is 9.82. The van der Waals surface area contributed by atoms with Crippen molar-refractivity contribution in [3.8, 4) is 0 Å². The zero-order chi connectivity index (χ0) is 22.4. The molecule has 0 aliphatic carbocycles. The molecule has 162 valence electrons. The van der Waals surface area contributed by atoms with E-state index < -0.39 is 0 Å². The molecule has 0 saturated heterocycles. The van der Waals surface area contributed by atoms with E-state index in [0.717, 1.165) is 24.0 Å². The van der Waals surface area contributed by atoms with E-state index in [2.05, 4.69) is 31.3 Å². The van der Waals surface area contributed by atoms with Gasteiger partial charge in [0.25, 0.3) is 5.91 Å². The lowest BCUT2D eigenvalue weighted by molar-refractivity contribution is 0.0857. The Hall–Kier alpha value is -3.44. The summed E-state index contributed by atoms with van der Waals surface area (Å²) in [6.07, 6.45) is 1.92. The van der Waals surface area contributed by atoms with Gasteiger partial charge in [0.2, 0.25) is 0 Å². The van der Waals surface area contributed by atoms with Crippen molar-refractivity contribution in [2.24, 2.45) is 5.73 Å². The van der Waals surface area contributed by atoms with E-state index in [4.69, 9.17) is 15.9 Å². The molecule has 2 aliphatic heterocycles. The minimum atomic E-state index is -0.109. The number of nitrogens with two attached hydrogens (primary N) is 1. The van der Waals surface area contributed by atoms with E-state index in [-0.39, 0.29) is 24.0 Å². The number of nitrogens with one attached hydrogen (secondary N) is 2. The number of aryl methyl sites for hydroxylation is 2. The fourth-order valence-electron chi connectivity index (χ4n) is 4.87. The number of hydrogen-bond acceptors (Lipinski definition) is 3. The van der Waals surface area contributed by atoms with Crippen LogP contribution in [0.5, 0.6) is 0 Å². The number of hydrogen-bond donors (Lipinski definition) is 3. The van der Waals surface area contributed by atoms with Crippen LogP contribution in [-0.2, 0) is 24.1 Å². The molecule has 2 heterocycles. The highest BCUT2D eigenvalue weighted by molar-refractivity contribution is 5.95. The summed E-state index contributed by atoms with van der Waals surface area (Å²) in [6, 6.07) is 17.9. The van der Waals surface area contributed by atoms with Gasteiger partial charge in [-0.1, -0.05) is 56.3 Å². The number of carbonyl (C=O) groups is 1. The zero-order valence-electron chi connectivity index (χ0n) is 18.4. The van der Waals surface area contributed by atoms with Crippen LogP contribution < -0.4 is 11.1 Å². The van der Waals surface area contributed by atoms with Gasteiger partial charge in [-0.15, -0.1) is 0 Å². The highest BCUT2D eigenvalue weighted by Crippen LogP contribution is 2.54. The molecule has 2 atom stereocenters. The second-order valence-corrected chi connectivity index (χ2v) is 8.49. The van der Waals surface area contributed by atoms with Gasteiger partial charge in [0, 0.05) is 17.7 Å². The van der Waals surface area contributed by atoms with Crippen LogP contribution in [0.4, 0.5) is 0 Å². The molecule has 2 aliphatic rings. The van der Waals surface area contributed by atoms with Gasteiger partial charge < -0.3 is 15.8 Å². The summed E-state index contributed by atoms with van der Waals surface area (Å²) in [5.74, 6) is -0.0733. The van der Waals surface area contributed by atoms with Crippen molar-refractivity contribution >= 4 is 11.7 Å². The Morgan fingerprint density at radius 1 is 0.875 bits per heavy atom. The number of nitrogen functional groups attached to an aromatic ring is 1. The van der Waals surface area contributed by atoms with Crippen molar-refractivity contribution in [1.29, 1.82) is 5.41 Å². The van der Waals surface area contributed by atoms with E-state index in [1.807, 2.05) is 30.3 Å². The normalized spacial score (nSPS) is 17.7. The number of rotatable bonds is 6. The van der Waals surface area contributed by atoms with Gasteiger partial charge in [0.15, 0.2) is 0 Å². The molecule has 0 aromatic heterocycles. The predicted octanol–water partition coefficient (Wildman–Crippen LogP) is 4.55. The van der Waals surface area contributed by atoms with E-state index in [1.165, 1.54) is 27.8 Å². The molecule has 3 aromatic carbocycles. The van der Waals surface area contributed by atoms with Crippen LogP contribution >= 0.6 is 0 Å². The smallest absolute Gasteiger partial charge is 0.251 e. The Bertz CT molecular complexity index is 1230. The summed E-state index contributed by atoms with van der Waals surface area (Å²) in [7, 11) is 0. The van der Waals surface area contributed by atoms with Crippen LogP contribution in [-0.4, -0.2) is 11.7 Å². The van der Waals surface area contributed by atoms with Gasteiger partial charge in [0.05, 0.1) is 0 Å². The molecule has 3 aromatic rings. The van der Waals surface area contributed by atoms with Crippen molar-refractivity contribution < 1.29 is 9.53 Å². The van der Waals surface area contributed by atoms with Crippen LogP contribution in [0.3, 0.4) is 0 Å². The molecule has 0 saturated carbocycles. The van der Waals surface area contributed by atoms with Gasteiger partial charge >= 0.3 is 0 Å². The number of benzene rings is 3. The van der Waals surface area contributed by atoms with E-state index in [1.54, 1.807) is 12.1 Å². The third kappa shape index (κ3) is 3.30. The predicted molar refractivity (Wildman–Crippen MR) is 125 cm³/mol. The maximum atomic E-state index is 12.8. The summed E-state index contributed by atoms with van der Waals surface area (Å²) in [5.41, 5.74) is 15.4. The van der Waals surface area contributed by atoms with Crippen LogP contribution in [0, 0.1) is 5.41 Å². The molecule has 2 bridgehead atoms. The zero-order valence-corrected chi connectivity index (χ0v) is 18.4.